The third-order valence-corrected chi connectivity index (χ3v) is 1.62. The SMILES string of the molecule is COC(=O)CCc1cnc[nH]c1=O. The number of H-pyrrole nitrogens is 1. The number of nitrogens with zero attached hydrogens (tertiary/aromatic N) is 1. The number of nitrogens with one attached hydrogen (secondary N) is 1. The van der Waals surface area contributed by atoms with E-state index in [4.69, 9.17) is 0 Å². The van der Waals surface area contributed by atoms with Crippen molar-refractivity contribution in [3.8, 4) is 0 Å². The van der Waals surface area contributed by atoms with Crippen LogP contribution in [0.5, 0.6) is 0 Å². The highest BCUT2D eigenvalue weighted by Gasteiger charge is 2.03. The van der Waals surface area contributed by atoms with Crippen LogP contribution in [0.3, 0.4) is 0 Å². The Kier molecular flexibility index (Phi) is 3.19. The fraction of sp³-hybridized carbons (Fsp3) is 0.375. The number of aryl methyl sites for hydroxylation is 1. The van der Waals surface area contributed by atoms with Crippen molar-refractivity contribution in [2.45, 2.75) is 12.8 Å². The summed E-state index contributed by atoms with van der Waals surface area (Å²) in [6.07, 6.45) is 3.31. The molecule has 0 radical (unpaired) electrons. The maximum absolute atomic E-state index is 11.1. The van der Waals surface area contributed by atoms with Gasteiger partial charge in [0.1, 0.15) is 0 Å². The van der Waals surface area contributed by atoms with Crippen molar-refractivity contribution in [1.29, 1.82) is 0 Å². The summed E-state index contributed by atoms with van der Waals surface area (Å²) in [6, 6.07) is 0. The first kappa shape index (κ1) is 9.44. The molecule has 0 fully saturated rings. The number of carbonyl (C=O) groups excluding carboxylic acids is 1. The van der Waals surface area contributed by atoms with Crippen molar-refractivity contribution < 1.29 is 9.53 Å². The second-order valence-corrected chi connectivity index (χ2v) is 2.48. The maximum Gasteiger partial charge on any atom is 0.305 e. The van der Waals surface area contributed by atoms with Gasteiger partial charge in [-0.05, 0) is 6.42 Å². The number of aromatic amines is 1. The van der Waals surface area contributed by atoms with Gasteiger partial charge in [-0.3, -0.25) is 9.59 Å². The number of ether oxygens (including phenoxy) is 1. The van der Waals surface area contributed by atoms with Gasteiger partial charge in [0.05, 0.1) is 13.4 Å². The van der Waals surface area contributed by atoms with E-state index in [2.05, 4.69) is 14.7 Å². The Labute approximate surface area is 74.8 Å². The molecule has 0 saturated carbocycles. The van der Waals surface area contributed by atoms with Gasteiger partial charge in [0, 0.05) is 18.2 Å². The standard InChI is InChI=1S/C8H10N2O3/c1-13-7(11)3-2-6-4-9-5-10-8(6)12/h4-5H,2-3H2,1H3,(H,9,10,12). The van der Waals surface area contributed by atoms with E-state index >= 15 is 0 Å². The minimum Gasteiger partial charge on any atom is -0.469 e. The molecular weight excluding hydrogens is 172 g/mol. The molecular formula is C8H10N2O3. The monoisotopic (exact) mass is 182 g/mol. The van der Waals surface area contributed by atoms with Crippen LogP contribution in [0.4, 0.5) is 0 Å². The fourth-order valence-corrected chi connectivity index (χ4v) is 0.891. The molecule has 0 spiro atoms. The zero-order valence-corrected chi connectivity index (χ0v) is 7.24. The lowest BCUT2D eigenvalue weighted by molar-refractivity contribution is -0.140. The van der Waals surface area contributed by atoms with Gasteiger partial charge in [-0.2, -0.15) is 0 Å². The molecule has 1 heterocycles. The lowest BCUT2D eigenvalue weighted by Gasteiger charge is -1.97. The van der Waals surface area contributed by atoms with Gasteiger partial charge in [0.2, 0.25) is 0 Å². The van der Waals surface area contributed by atoms with Crippen molar-refractivity contribution in [3.63, 3.8) is 0 Å². The van der Waals surface area contributed by atoms with Crippen molar-refractivity contribution in [2.75, 3.05) is 7.11 Å². The van der Waals surface area contributed by atoms with E-state index in [1.807, 2.05) is 0 Å². The highest BCUT2D eigenvalue weighted by atomic mass is 16.5. The summed E-state index contributed by atoms with van der Waals surface area (Å²) in [5, 5.41) is 0. The summed E-state index contributed by atoms with van der Waals surface area (Å²) in [6.45, 7) is 0. The average Bonchev–Trinajstić information content (AvgIpc) is 2.16. The third kappa shape index (κ3) is 2.70. The van der Waals surface area contributed by atoms with Crippen LogP contribution in [-0.4, -0.2) is 23.0 Å². The number of esters is 1. The summed E-state index contributed by atoms with van der Waals surface area (Å²) in [4.78, 5) is 28.0. The van der Waals surface area contributed by atoms with E-state index in [0.29, 0.717) is 12.0 Å². The maximum atomic E-state index is 11.1. The highest BCUT2D eigenvalue weighted by molar-refractivity contribution is 5.69. The molecule has 0 unspecified atom stereocenters. The molecule has 0 aliphatic carbocycles. The minimum atomic E-state index is -0.330. The van der Waals surface area contributed by atoms with Crippen LogP contribution in [0.25, 0.3) is 0 Å². The highest BCUT2D eigenvalue weighted by Crippen LogP contribution is 1.94. The number of methoxy groups -OCH3 is 1. The van der Waals surface area contributed by atoms with E-state index in [1.165, 1.54) is 19.6 Å². The summed E-state index contributed by atoms with van der Waals surface area (Å²) in [7, 11) is 1.32. The van der Waals surface area contributed by atoms with Crippen molar-refractivity contribution >= 4 is 5.97 Å². The van der Waals surface area contributed by atoms with E-state index < -0.39 is 0 Å². The van der Waals surface area contributed by atoms with Gasteiger partial charge in [-0.25, -0.2) is 4.98 Å². The number of hydrogen-bond donors (Lipinski definition) is 1. The van der Waals surface area contributed by atoms with Crippen molar-refractivity contribution in [3.05, 3.63) is 28.4 Å². The van der Waals surface area contributed by atoms with E-state index in [1.54, 1.807) is 0 Å². The zero-order chi connectivity index (χ0) is 9.68. The van der Waals surface area contributed by atoms with Crippen LogP contribution in [0.15, 0.2) is 17.3 Å². The lowest BCUT2D eigenvalue weighted by atomic mass is 10.2. The molecule has 0 atom stereocenters. The summed E-state index contributed by atoms with van der Waals surface area (Å²) >= 11 is 0. The number of aromatic nitrogens is 2. The molecule has 0 amide bonds. The van der Waals surface area contributed by atoms with E-state index in [0.717, 1.165) is 0 Å². The molecule has 0 bridgehead atoms. The zero-order valence-electron chi connectivity index (χ0n) is 7.24. The van der Waals surface area contributed by atoms with Crippen LogP contribution in [-0.2, 0) is 16.0 Å². The number of rotatable bonds is 3. The Morgan fingerprint density at radius 2 is 2.46 bits per heavy atom. The van der Waals surface area contributed by atoms with Crippen LogP contribution in [0, 0.1) is 0 Å². The predicted molar refractivity (Wildman–Crippen MR) is 45.2 cm³/mol. The number of carbonyl (C=O) groups is 1. The Balaban J connectivity index is 2.60. The van der Waals surface area contributed by atoms with Gasteiger partial charge in [0.15, 0.2) is 0 Å². The first-order valence-electron chi connectivity index (χ1n) is 3.82. The van der Waals surface area contributed by atoms with Gasteiger partial charge in [0.25, 0.3) is 5.56 Å². The van der Waals surface area contributed by atoms with Crippen LogP contribution in [0.1, 0.15) is 12.0 Å². The Bertz CT molecular complexity index is 345. The van der Waals surface area contributed by atoms with Gasteiger partial charge < -0.3 is 9.72 Å². The second kappa shape index (κ2) is 4.39. The smallest absolute Gasteiger partial charge is 0.305 e. The van der Waals surface area contributed by atoms with Crippen LogP contribution >= 0.6 is 0 Å². The Morgan fingerprint density at radius 3 is 3.08 bits per heavy atom. The minimum absolute atomic E-state index is 0.200. The van der Waals surface area contributed by atoms with E-state index in [9.17, 15) is 9.59 Å². The molecule has 1 aromatic rings. The van der Waals surface area contributed by atoms with E-state index in [-0.39, 0.29) is 17.9 Å². The quantitative estimate of drug-likeness (QED) is 0.661. The molecule has 0 aromatic carbocycles. The predicted octanol–water partition coefficient (Wildman–Crippen LogP) is -0.124. The summed E-state index contributed by atoms with van der Waals surface area (Å²) in [5.41, 5.74) is 0.284. The number of hydrogen-bond acceptors (Lipinski definition) is 4. The molecule has 1 N–H and O–H groups in total. The van der Waals surface area contributed by atoms with Gasteiger partial charge in [-0.15, -0.1) is 0 Å². The lowest BCUT2D eigenvalue weighted by Crippen LogP contribution is -2.14. The Morgan fingerprint density at radius 1 is 1.69 bits per heavy atom. The third-order valence-electron chi connectivity index (χ3n) is 1.62. The molecule has 5 nitrogen and oxygen atoms in total. The molecule has 1 rings (SSSR count). The van der Waals surface area contributed by atoms with Gasteiger partial charge >= 0.3 is 5.97 Å². The average molecular weight is 182 g/mol. The first-order chi connectivity index (χ1) is 6.24. The molecule has 13 heavy (non-hydrogen) atoms. The molecule has 0 saturated heterocycles. The van der Waals surface area contributed by atoms with Crippen molar-refractivity contribution in [2.24, 2.45) is 0 Å². The largest absolute Gasteiger partial charge is 0.469 e. The van der Waals surface area contributed by atoms with Crippen LogP contribution in [0.2, 0.25) is 0 Å². The molecule has 70 valence electrons. The van der Waals surface area contributed by atoms with Gasteiger partial charge in [-0.1, -0.05) is 0 Å². The molecule has 0 aliphatic rings. The first-order valence-corrected chi connectivity index (χ1v) is 3.82. The fourth-order valence-electron chi connectivity index (χ4n) is 0.891. The summed E-state index contributed by atoms with van der Waals surface area (Å²) < 4.78 is 4.44. The molecule has 0 aliphatic heterocycles. The second-order valence-electron chi connectivity index (χ2n) is 2.48. The Hall–Kier alpha value is -1.65. The molecule has 1 aromatic heterocycles. The normalized spacial score (nSPS) is 9.62. The molecule has 5 heteroatoms. The van der Waals surface area contributed by atoms with Crippen molar-refractivity contribution in [1.82, 2.24) is 9.97 Å². The topological polar surface area (TPSA) is 72.0 Å². The summed E-state index contributed by atoms with van der Waals surface area (Å²) in [5.74, 6) is -0.330. The van der Waals surface area contributed by atoms with Crippen LogP contribution < -0.4 is 5.56 Å².